The van der Waals surface area contributed by atoms with Crippen LogP contribution in [0.25, 0.3) is 0 Å². The van der Waals surface area contributed by atoms with Gasteiger partial charge in [0, 0.05) is 5.57 Å². The van der Waals surface area contributed by atoms with Gasteiger partial charge >= 0.3 is 10.1 Å². The van der Waals surface area contributed by atoms with E-state index in [0.717, 1.165) is 0 Å². The van der Waals surface area contributed by atoms with Crippen LogP contribution >= 0.6 is 0 Å². The standard InChI is InChI=1S/C10H16N2O5S/c1-6(8(11)13)17-18(15,16)5-7(9(12)14)10(2,3)4/h5H,1H2,2-4H3,(H2,11,13)(H2,12,14)/b7-5+. The molecule has 0 radical (unpaired) electrons. The first-order valence-electron chi connectivity index (χ1n) is 4.82. The van der Waals surface area contributed by atoms with E-state index in [9.17, 15) is 18.0 Å². The minimum atomic E-state index is -4.32. The van der Waals surface area contributed by atoms with Crippen LogP contribution < -0.4 is 11.5 Å². The molecule has 2 amide bonds. The van der Waals surface area contributed by atoms with Gasteiger partial charge in [-0.1, -0.05) is 20.8 Å². The maximum Gasteiger partial charge on any atom is 0.332 e. The van der Waals surface area contributed by atoms with Gasteiger partial charge in [0.25, 0.3) is 5.91 Å². The van der Waals surface area contributed by atoms with E-state index in [2.05, 4.69) is 10.8 Å². The Balaban J connectivity index is 5.44. The van der Waals surface area contributed by atoms with E-state index in [4.69, 9.17) is 11.5 Å². The lowest BCUT2D eigenvalue weighted by Crippen LogP contribution is -2.26. The number of amides is 2. The normalized spacial score (nSPS) is 12.9. The summed E-state index contributed by atoms with van der Waals surface area (Å²) in [5.41, 5.74) is 8.90. The fourth-order valence-corrected chi connectivity index (χ4v) is 2.12. The fraction of sp³-hybridized carbons (Fsp3) is 0.400. The Labute approximate surface area is 106 Å². The van der Waals surface area contributed by atoms with Crippen molar-refractivity contribution in [3.05, 3.63) is 23.3 Å². The lowest BCUT2D eigenvalue weighted by molar-refractivity contribution is -0.116. The van der Waals surface area contributed by atoms with Crippen molar-refractivity contribution in [3.8, 4) is 0 Å². The van der Waals surface area contributed by atoms with E-state index in [-0.39, 0.29) is 5.57 Å². The van der Waals surface area contributed by atoms with Gasteiger partial charge in [-0.15, -0.1) is 0 Å². The molecule has 0 heterocycles. The Morgan fingerprint density at radius 1 is 1.17 bits per heavy atom. The Morgan fingerprint density at radius 2 is 1.61 bits per heavy atom. The van der Waals surface area contributed by atoms with Crippen LogP contribution in [0.3, 0.4) is 0 Å². The summed E-state index contributed by atoms with van der Waals surface area (Å²) >= 11 is 0. The first-order valence-corrected chi connectivity index (χ1v) is 6.29. The number of rotatable bonds is 5. The lowest BCUT2D eigenvalue weighted by atomic mass is 9.87. The van der Waals surface area contributed by atoms with Gasteiger partial charge < -0.3 is 15.7 Å². The Hall–Kier alpha value is -1.83. The van der Waals surface area contributed by atoms with E-state index in [1.165, 1.54) is 0 Å². The van der Waals surface area contributed by atoms with E-state index in [0.29, 0.717) is 5.41 Å². The number of carbonyl (C=O) groups is 2. The summed E-state index contributed by atoms with van der Waals surface area (Å²) in [5, 5.41) is 0.559. The van der Waals surface area contributed by atoms with E-state index in [1.54, 1.807) is 20.8 Å². The van der Waals surface area contributed by atoms with Crippen LogP contribution in [0, 0.1) is 5.41 Å². The molecule has 0 aromatic heterocycles. The lowest BCUT2D eigenvalue weighted by Gasteiger charge is -2.19. The molecule has 7 nitrogen and oxygen atoms in total. The second kappa shape index (κ2) is 5.21. The molecule has 8 heteroatoms. The molecule has 0 aliphatic carbocycles. The van der Waals surface area contributed by atoms with Crippen molar-refractivity contribution in [2.45, 2.75) is 20.8 Å². The molecule has 0 aromatic carbocycles. The summed E-state index contributed by atoms with van der Waals surface area (Å²) in [5.74, 6) is -2.77. The first kappa shape index (κ1) is 16.2. The largest absolute Gasteiger partial charge is 0.374 e. The molecule has 0 fully saturated rings. The maximum absolute atomic E-state index is 11.5. The number of hydrogen-bond acceptors (Lipinski definition) is 5. The third-order valence-corrected chi connectivity index (χ3v) is 2.79. The topological polar surface area (TPSA) is 130 Å². The molecule has 0 saturated carbocycles. The van der Waals surface area contributed by atoms with Gasteiger partial charge in [0.15, 0.2) is 5.76 Å². The minimum absolute atomic E-state index is 0.167. The number of hydrogen-bond donors (Lipinski definition) is 2. The number of primary amides is 2. The zero-order valence-electron chi connectivity index (χ0n) is 10.4. The molecule has 0 bridgehead atoms. The fourth-order valence-electron chi connectivity index (χ4n) is 0.954. The van der Waals surface area contributed by atoms with Crippen molar-refractivity contribution < 1.29 is 22.2 Å². The van der Waals surface area contributed by atoms with Crippen LogP contribution in [-0.2, 0) is 23.9 Å². The SMILES string of the molecule is C=C(OS(=O)(=O)/C=C(\C(N)=O)C(C)(C)C)C(N)=O. The molecule has 102 valence electrons. The highest BCUT2D eigenvalue weighted by atomic mass is 32.2. The third kappa shape index (κ3) is 5.00. The van der Waals surface area contributed by atoms with E-state index < -0.39 is 33.1 Å². The van der Waals surface area contributed by atoms with Crippen molar-refractivity contribution in [1.29, 1.82) is 0 Å². The van der Waals surface area contributed by atoms with Gasteiger partial charge in [-0.05, 0) is 12.0 Å². The summed E-state index contributed by atoms with van der Waals surface area (Å²) in [6, 6.07) is 0. The second-order valence-corrected chi connectivity index (χ2v) is 5.90. The van der Waals surface area contributed by atoms with Crippen molar-refractivity contribution in [3.63, 3.8) is 0 Å². The van der Waals surface area contributed by atoms with Crippen LogP contribution in [0.1, 0.15) is 20.8 Å². The predicted octanol–water partition coefficient (Wildman–Crippen LogP) is -0.253. The van der Waals surface area contributed by atoms with Crippen LogP contribution in [0.2, 0.25) is 0 Å². The van der Waals surface area contributed by atoms with Gasteiger partial charge in [0.2, 0.25) is 5.91 Å². The van der Waals surface area contributed by atoms with Gasteiger partial charge in [-0.2, -0.15) is 8.42 Å². The number of carbonyl (C=O) groups excluding carboxylic acids is 2. The average molecular weight is 276 g/mol. The molecule has 0 atom stereocenters. The molecule has 0 aromatic rings. The summed E-state index contributed by atoms with van der Waals surface area (Å²) in [7, 11) is -4.32. The molecule has 0 rings (SSSR count). The zero-order valence-corrected chi connectivity index (χ0v) is 11.2. The molecule has 0 aliphatic heterocycles. The molecule has 0 unspecified atom stereocenters. The summed E-state index contributed by atoms with van der Waals surface area (Å²) in [6.45, 7) is 7.83. The number of nitrogens with two attached hydrogens (primary N) is 2. The molecule has 0 aliphatic rings. The average Bonchev–Trinajstić information content (AvgIpc) is 2.11. The second-order valence-electron chi connectivity index (χ2n) is 4.51. The zero-order chi connectivity index (χ0) is 14.7. The van der Waals surface area contributed by atoms with E-state index in [1.807, 2.05) is 0 Å². The quantitative estimate of drug-likeness (QED) is 0.406. The summed E-state index contributed by atoms with van der Waals surface area (Å²) in [6.07, 6.45) is 0. The molecular formula is C10H16N2O5S. The van der Waals surface area contributed by atoms with Crippen molar-refractivity contribution in [1.82, 2.24) is 0 Å². The van der Waals surface area contributed by atoms with Crippen molar-refractivity contribution >= 4 is 21.9 Å². The minimum Gasteiger partial charge on any atom is -0.374 e. The highest BCUT2D eigenvalue weighted by Gasteiger charge is 2.26. The maximum atomic E-state index is 11.5. The Bertz CT molecular complexity index is 511. The van der Waals surface area contributed by atoms with Crippen LogP contribution in [-0.4, -0.2) is 20.2 Å². The summed E-state index contributed by atoms with van der Waals surface area (Å²) in [4.78, 5) is 21.8. The highest BCUT2D eigenvalue weighted by molar-refractivity contribution is 7.89. The van der Waals surface area contributed by atoms with Gasteiger partial charge in [0.05, 0.1) is 5.41 Å². The molecule has 0 saturated heterocycles. The van der Waals surface area contributed by atoms with Crippen molar-refractivity contribution in [2.75, 3.05) is 0 Å². The predicted molar refractivity (Wildman–Crippen MR) is 65.1 cm³/mol. The first-order chi connectivity index (χ1) is 7.87. The molecule has 0 spiro atoms. The molecule has 18 heavy (non-hydrogen) atoms. The van der Waals surface area contributed by atoms with Crippen molar-refractivity contribution in [2.24, 2.45) is 16.9 Å². The van der Waals surface area contributed by atoms with Crippen LogP contribution in [0.5, 0.6) is 0 Å². The van der Waals surface area contributed by atoms with Gasteiger partial charge in [-0.3, -0.25) is 9.59 Å². The highest BCUT2D eigenvalue weighted by Crippen LogP contribution is 2.26. The summed E-state index contributed by atoms with van der Waals surface area (Å²) < 4.78 is 27.4. The van der Waals surface area contributed by atoms with Gasteiger partial charge in [-0.25, -0.2) is 0 Å². The monoisotopic (exact) mass is 276 g/mol. The smallest absolute Gasteiger partial charge is 0.332 e. The Kier molecular flexibility index (Phi) is 4.68. The van der Waals surface area contributed by atoms with Gasteiger partial charge in [0.1, 0.15) is 0 Å². The van der Waals surface area contributed by atoms with Crippen LogP contribution in [0.15, 0.2) is 23.3 Å². The van der Waals surface area contributed by atoms with E-state index >= 15 is 0 Å². The van der Waals surface area contributed by atoms with Crippen LogP contribution in [0.4, 0.5) is 0 Å². The molecular weight excluding hydrogens is 260 g/mol. The molecule has 4 N–H and O–H groups in total. The third-order valence-electron chi connectivity index (χ3n) is 1.83. The Morgan fingerprint density at radius 3 is 1.89 bits per heavy atom.